The van der Waals surface area contributed by atoms with Crippen molar-refractivity contribution >= 4 is 11.7 Å². The van der Waals surface area contributed by atoms with Gasteiger partial charge in [-0.05, 0) is 39.5 Å². The lowest BCUT2D eigenvalue weighted by atomic mass is 9.87. The van der Waals surface area contributed by atoms with E-state index in [2.05, 4.69) is 5.32 Å². The van der Waals surface area contributed by atoms with E-state index in [1.54, 1.807) is 0 Å². The maximum absolute atomic E-state index is 11.9. The van der Waals surface area contributed by atoms with E-state index in [0.29, 0.717) is 0 Å². The summed E-state index contributed by atoms with van der Waals surface area (Å²) in [5, 5.41) is 2.73. The Morgan fingerprint density at radius 1 is 1.20 bits per heavy atom. The standard InChI is InChI=1S/C12H21NO2/c1-8(2)12(6-7-12)9(14)10(15)13-11(3,4)5/h8H,6-7H2,1-5H3,(H,13,15). The fourth-order valence-electron chi connectivity index (χ4n) is 1.82. The summed E-state index contributed by atoms with van der Waals surface area (Å²) < 4.78 is 0. The molecule has 3 nitrogen and oxygen atoms in total. The third-order valence-corrected chi connectivity index (χ3v) is 3.04. The molecule has 0 bridgehead atoms. The molecule has 1 rings (SSSR count). The molecule has 1 aliphatic carbocycles. The number of nitrogens with one attached hydrogen (secondary N) is 1. The molecule has 0 unspecified atom stereocenters. The fraction of sp³-hybridized carbons (Fsp3) is 0.833. The van der Waals surface area contributed by atoms with E-state index in [1.807, 2.05) is 34.6 Å². The van der Waals surface area contributed by atoms with Gasteiger partial charge >= 0.3 is 0 Å². The maximum atomic E-state index is 11.9. The molecule has 1 aliphatic rings. The summed E-state index contributed by atoms with van der Waals surface area (Å²) in [5.41, 5.74) is -0.685. The molecule has 1 amide bonds. The lowest BCUT2D eigenvalue weighted by Crippen LogP contribution is -2.47. The average molecular weight is 211 g/mol. The Balaban J connectivity index is 2.66. The quantitative estimate of drug-likeness (QED) is 0.725. The largest absolute Gasteiger partial charge is 0.345 e. The fourth-order valence-corrected chi connectivity index (χ4v) is 1.82. The molecule has 0 aromatic rings. The minimum absolute atomic E-state index is 0.229. The molecule has 0 heterocycles. The summed E-state index contributed by atoms with van der Waals surface area (Å²) in [4.78, 5) is 23.6. The topological polar surface area (TPSA) is 46.2 Å². The van der Waals surface area contributed by atoms with Gasteiger partial charge in [0, 0.05) is 11.0 Å². The number of rotatable bonds is 3. The van der Waals surface area contributed by atoms with Crippen LogP contribution in [0.25, 0.3) is 0 Å². The molecule has 1 N–H and O–H groups in total. The van der Waals surface area contributed by atoms with Crippen molar-refractivity contribution < 1.29 is 9.59 Å². The zero-order valence-corrected chi connectivity index (χ0v) is 10.3. The van der Waals surface area contributed by atoms with Gasteiger partial charge in [-0.15, -0.1) is 0 Å². The highest BCUT2D eigenvalue weighted by Gasteiger charge is 2.54. The number of carbonyl (C=O) groups is 2. The molecule has 0 radical (unpaired) electrons. The lowest BCUT2D eigenvalue weighted by molar-refractivity contribution is -0.142. The second kappa shape index (κ2) is 3.62. The van der Waals surface area contributed by atoms with Crippen molar-refractivity contribution in [2.75, 3.05) is 0 Å². The van der Waals surface area contributed by atoms with Gasteiger partial charge in [0.15, 0.2) is 0 Å². The van der Waals surface area contributed by atoms with Crippen molar-refractivity contribution in [3.63, 3.8) is 0 Å². The Kier molecular flexibility index (Phi) is 2.94. The Morgan fingerprint density at radius 3 is 1.93 bits per heavy atom. The molecular weight excluding hydrogens is 190 g/mol. The van der Waals surface area contributed by atoms with Gasteiger partial charge in [-0.3, -0.25) is 9.59 Å². The summed E-state index contributed by atoms with van der Waals surface area (Å²) in [6, 6.07) is 0. The monoisotopic (exact) mass is 211 g/mol. The van der Waals surface area contributed by atoms with Gasteiger partial charge in [0.25, 0.3) is 5.91 Å². The molecular formula is C12H21NO2. The van der Waals surface area contributed by atoms with Crippen molar-refractivity contribution in [1.82, 2.24) is 5.32 Å². The first-order valence-electron chi connectivity index (χ1n) is 5.56. The third kappa shape index (κ3) is 2.58. The summed E-state index contributed by atoms with van der Waals surface area (Å²) in [6.07, 6.45) is 1.72. The zero-order chi connectivity index (χ0) is 11.9. The van der Waals surface area contributed by atoms with Crippen molar-refractivity contribution in [2.24, 2.45) is 11.3 Å². The van der Waals surface area contributed by atoms with Gasteiger partial charge in [0.1, 0.15) is 0 Å². The van der Waals surface area contributed by atoms with E-state index in [0.717, 1.165) is 12.8 Å². The second-order valence-electron chi connectivity index (χ2n) is 5.84. The smallest absolute Gasteiger partial charge is 0.288 e. The Labute approximate surface area is 91.6 Å². The lowest BCUT2D eigenvalue weighted by Gasteiger charge is -2.23. The Bertz CT molecular complexity index is 282. The van der Waals surface area contributed by atoms with Crippen LogP contribution in [-0.4, -0.2) is 17.2 Å². The SMILES string of the molecule is CC(C)C1(C(=O)C(=O)NC(C)(C)C)CC1. The minimum atomic E-state index is -0.423. The van der Waals surface area contributed by atoms with Crippen LogP contribution < -0.4 is 5.32 Å². The highest BCUT2D eigenvalue weighted by Crippen LogP contribution is 2.52. The Morgan fingerprint density at radius 2 is 1.67 bits per heavy atom. The van der Waals surface area contributed by atoms with Crippen LogP contribution in [0.3, 0.4) is 0 Å². The predicted octanol–water partition coefficient (Wildman–Crippen LogP) is 1.91. The van der Waals surface area contributed by atoms with E-state index in [1.165, 1.54) is 0 Å². The van der Waals surface area contributed by atoms with E-state index in [4.69, 9.17) is 0 Å². The van der Waals surface area contributed by atoms with Crippen molar-refractivity contribution in [3.05, 3.63) is 0 Å². The number of hydrogen-bond donors (Lipinski definition) is 1. The number of hydrogen-bond acceptors (Lipinski definition) is 2. The summed E-state index contributed by atoms with van der Waals surface area (Å²) in [6.45, 7) is 9.66. The molecule has 15 heavy (non-hydrogen) atoms. The molecule has 0 spiro atoms. The highest BCUT2D eigenvalue weighted by molar-refractivity contribution is 6.39. The van der Waals surface area contributed by atoms with Gasteiger partial charge in [0.05, 0.1) is 0 Å². The molecule has 0 saturated heterocycles. The molecule has 1 fully saturated rings. The van der Waals surface area contributed by atoms with Crippen LogP contribution in [-0.2, 0) is 9.59 Å². The van der Waals surface area contributed by atoms with Gasteiger partial charge < -0.3 is 5.32 Å². The van der Waals surface area contributed by atoms with Crippen LogP contribution in [0.15, 0.2) is 0 Å². The Hall–Kier alpha value is -0.860. The number of amides is 1. The van der Waals surface area contributed by atoms with Gasteiger partial charge in [-0.2, -0.15) is 0 Å². The molecule has 0 aliphatic heterocycles. The van der Waals surface area contributed by atoms with Crippen LogP contribution in [0.2, 0.25) is 0 Å². The van der Waals surface area contributed by atoms with E-state index < -0.39 is 5.91 Å². The molecule has 0 aromatic heterocycles. The maximum Gasteiger partial charge on any atom is 0.288 e. The summed E-state index contributed by atoms with van der Waals surface area (Å²) >= 11 is 0. The van der Waals surface area contributed by atoms with Crippen molar-refractivity contribution in [1.29, 1.82) is 0 Å². The van der Waals surface area contributed by atoms with Crippen molar-refractivity contribution in [2.45, 2.75) is 53.0 Å². The van der Waals surface area contributed by atoms with Crippen LogP contribution in [0.5, 0.6) is 0 Å². The van der Waals surface area contributed by atoms with Crippen LogP contribution >= 0.6 is 0 Å². The van der Waals surface area contributed by atoms with E-state index >= 15 is 0 Å². The predicted molar refractivity (Wildman–Crippen MR) is 59.4 cm³/mol. The third-order valence-electron chi connectivity index (χ3n) is 3.04. The molecule has 3 heteroatoms. The van der Waals surface area contributed by atoms with Crippen LogP contribution in [0, 0.1) is 11.3 Å². The minimum Gasteiger partial charge on any atom is -0.345 e. The number of carbonyl (C=O) groups excluding carboxylic acids is 2. The van der Waals surface area contributed by atoms with Crippen molar-refractivity contribution in [3.8, 4) is 0 Å². The normalized spacial score (nSPS) is 18.8. The molecule has 86 valence electrons. The van der Waals surface area contributed by atoms with Gasteiger partial charge in [-0.25, -0.2) is 0 Å². The molecule has 0 aromatic carbocycles. The first-order valence-corrected chi connectivity index (χ1v) is 5.56. The first-order chi connectivity index (χ1) is 6.69. The second-order valence-corrected chi connectivity index (χ2v) is 5.84. The number of Topliss-reactive ketones (excluding diaryl/α,β-unsaturated/α-hetero) is 1. The van der Waals surface area contributed by atoms with E-state index in [-0.39, 0.29) is 22.7 Å². The van der Waals surface area contributed by atoms with Gasteiger partial charge in [-0.1, -0.05) is 13.8 Å². The molecule has 1 saturated carbocycles. The van der Waals surface area contributed by atoms with Gasteiger partial charge in [0.2, 0.25) is 5.78 Å². The summed E-state index contributed by atoms with van der Waals surface area (Å²) in [5.74, 6) is -0.392. The van der Waals surface area contributed by atoms with Crippen LogP contribution in [0.1, 0.15) is 47.5 Å². The first kappa shape index (κ1) is 12.2. The average Bonchev–Trinajstić information content (AvgIpc) is 2.79. The molecule has 0 atom stereocenters. The van der Waals surface area contributed by atoms with E-state index in [9.17, 15) is 9.59 Å². The zero-order valence-electron chi connectivity index (χ0n) is 10.3. The number of ketones is 1. The summed E-state index contributed by atoms with van der Waals surface area (Å²) in [7, 11) is 0. The highest BCUT2D eigenvalue weighted by atomic mass is 16.2. The van der Waals surface area contributed by atoms with Crippen LogP contribution in [0.4, 0.5) is 0 Å².